The van der Waals surface area contributed by atoms with E-state index in [1.165, 1.54) is 0 Å². The second-order valence-electron chi connectivity index (χ2n) is 6.03. The van der Waals surface area contributed by atoms with Crippen LogP contribution in [0.5, 0.6) is 0 Å². The molecule has 0 aliphatic carbocycles. The molecule has 0 fully saturated rings. The van der Waals surface area contributed by atoms with E-state index in [9.17, 15) is 44.7 Å². The summed E-state index contributed by atoms with van der Waals surface area (Å²) in [6.45, 7) is 1.12. The highest BCUT2D eigenvalue weighted by molar-refractivity contribution is 5.77. The largest absolute Gasteiger partial charge is 0.462 e. The molecule has 0 heterocycles. The van der Waals surface area contributed by atoms with Crippen molar-refractivity contribution in [2.75, 3.05) is 6.61 Å². The summed E-state index contributed by atoms with van der Waals surface area (Å²) in [7, 11) is 0. The highest BCUT2D eigenvalue weighted by Gasteiger charge is 2.75. The van der Waals surface area contributed by atoms with Crippen molar-refractivity contribution in [1.82, 2.24) is 0 Å². The van der Waals surface area contributed by atoms with Crippen LogP contribution in [0, 0.1) is 0 Å². The van der Waals surface area contributed by atoms with Crippen LogP contribution in [-0.4, -0.2) is 48.8 Å². The zero-order valence-electron chi connectivity index (χ0n) is 15.3. The first kappa shape index (κ1) is 26.4. The van der Waals surface area contributed by atoms with Gasteiger partial charge in [0.15, 0.2) is 6.61 Å². The Bertz CT molecular complexity index is 511. The van der Waals surface area contributed by atoms with Gasteiger partial charge < -0.3 is 9.47 Å². The Hall–Kier alpha value is -1.62. The molecule has 0 saturated carbocycles. The zero-order valence-corrected chi connectivity index (χ0v) is 15.3. The minimum absolute atomic E-state index is 0.414. The second-order valence-corrected chi connectivity index (χ2v) is 6.03. The molecule has 0 saturated heterocycles. The average molecular weight is 430 g/mol. The minimum atomic E-state index is -6.46. The third kappa shape index (κ3) is 7.08. The summed E-state index contributed by atoms with van der Waals surface area (Å²) in [5.41, 5.74) is 0. The highest BCUT2D eigenvalue weighted by atomic mass is 19.4. The predicted molar refractivity (Wildman–Crippen MR) is 80.7 cm³/mol. The van der Waals surface area contributed by atoms with Crippen molar-refractivity contribution in [2.24, 2.45) is 0 Å². The van der Waals surface area contributed by atoms with E-state index in [1.54, 1.807) is 6.92 Å². The van der Waals surface area contributed by atoms with Crippen LogP contribution in [0.3, 0.4) is 0 Å². The fraction of sp³-hybridized carbons (Fsp3) is 0.875. The molecular weight excluding hydrogens is 408 g/mol. The van der Waals surface area contributed by atoms with E-state index in [2.05, 4.69) is 4.74 Å². The number of hydrogen-bond acceptors (Lipinski definition) is 4. The van der Waals surface area contributed by atoms with Crippen LogP contribution >= 0.6 is 0 Å². The van der Waals surface area contributed by atoms with Gasteiger partial charge in [0.1, 0.15) is 6.10 Å². The van der Waals surface area contributed by atoms with E-state index >= 15 is 0 Å². The zero-order chi connectivity index (χ0) is 22.2. The maximum atomic E-state index is 13.2. The summed E-state index contributed by atoms with van der Waals surface area (Å²) in [5, 5.41) is 0. The topological polar surface area (TPSA) is 52.6 Å². The summed E-state index contributed by atoms with van der Waals surface area (Å²) < 4.78 is 110. The van der Waals surface area contributed by atoms with E-state index in [0.29, 0.717) is 12.8 Å². The molecule has 28 heavy (non-hydrogen) atoms. The van der Waals surface area contributed by atoms with E-state index < -0.39 is 61.7 Å². The van der Waals surface area contributed by atoms with Gasteiger partial charge in [0.25, 0.3) is 0 Å². The lowest BCUT2D eigenvalue weighted by molar-refractivity contribution is -0.344. The summed E-state index contributed by atoms with van der Waals surface area (Å²) in [5.74, 6) is -21.0. The van der Waals surface area contributed by atoms with Gasteiger partial charge in [-0.25, -0.2) is 8.78 Å². The number of unbranched alkanes of at least 4 members (excludes halogenated alkanes) is 1. The number of carbonyl (C=O) groups is 2. The fourth-order valence-corrected chi connectivity index (χ4v) is 1.94. The minimum Gasteiger partial charge on any atom is -0.462 e. The van der Waals surface area contributed by atoms with Crippen molar-refractivity contribution in [2.45, 2.75) is 82.7 Å². The van der Waals surface area contributed by atoms with Crippen LogP contribution in [0.15, 0.2) is 0 Å². The number of esters is 2. The van der Waals surface area contributed by atoms with Crippen molar-refractivity contribution in [1.29, 1.82) is 0 Å². The number of alkyl halides is 8. The van der Waals surface area contributed by atoms with Crippen LogP contribution in [-0.2, 0) is 19.1 Å². The lowest BCUT2D eigenvalue weighted by Gasteiger charge is -2.31. The molecule has 0 radical (unpaired) electrons. The molecule has 0 aliphatic rings. The number of carbonyl (C=O) groups excluding carboxylic acids is 2. The van der Waals surface area contributed by atoms with Crippen molar-refractivity contribution in [3.8, 4) is 0 Å². The third-order valence-corrected chi connectivity index (χ3v) is 3.73. The molecule has 0 N–H and O–H groups in total. The monoisotopic (exact) mass is 430 g/mol. The molecule has 12 heteroatoms. The first-order chi connectivity index (χ1) is 12.7. The Morgan fingerprint density at radius 2 is 1.46 bits per heavy atom. The Morgan fingerprint density at radius 3 is 1.93 bits per heavy atom. The number of ether oxygens (including phenoxy) is 2. The van der Waals surface area contributed by atoms with Gasteiger partial charge in [-0.15, -0.1) is 0 Å². The lowest BCUT2D eigenvalue weighted by atomic mass is 10.1. The number of halogens is 8. The Kier molecular flexibility index (Phi) is 10.2. The number of rotatable bonds is 13. The second kappa shape index (κ2) is 10.8. The smallest absolute Gasteiger partial charge is 0.381 e. The summed E-state index contributed by atoms with van der Waals surface area (Å²) in [4.78, 5) is 22.9. The molecule has 0 aromatic rings. The molecule has 1 unspecified atom stereocenters. The maximum absolute atomic E-state index is 13.2. The molecule has 166 valence electrons. The first-order valence-electron chi connectivity index (χ1n) is 8.49. The molecule has 4 nitrogen and oxygen atoms in total. The van der Waals surface area contributed by atoms with E-state index in [-0.39, 0.29) is 0 Å². The standard InChI is InChI=1S/C16H22F8O4/c1-3-5-6-10(4-2)28-12(26)8-7-11(25)27-9-14(19,20)16(23,24)15(21,22)13(17)18/h10,13H,3-9H2,1-2H3. The van der Waals surface area contributed by atoms with Gasteiger partial charge in [0.05, 0.1) is 12.8 Å². The molecule has 0 amide bonds. The van der Waals surface area contributed by atoms with E-state index in [1.807, 2.05) is 6.92 Å². The first-order valence-corrected chi connectivity index (χ1v) is 8.49. The summed E-state index contributed by atoms with van der Waals surface area (Å²) >= 11 is 0. The van der Waals surface area contributed by atoms with Gasteiger partial charge in [-0.2, -0.15) is 26.3 Å². The Balaban J connectivity index is 4.59. The molecule has 0 spiro atoms. The molecular formula is C16H22F8O4. The van der Waals surface area contributed by atoms with Gasteiger partial charge in [0, 0.05) is 0 Å². The van der Waals surface area contributed by atoms with Gasteiger partial charge in [-0.05, 0) is 12.8 Å². The molecule has 0 bridgehead atoms. The van der Waals surface area contributed by atoms with Crippen molar-refractivity contribution < 1.29 is 54.2 Å². The van der Waals surface area contributed by atoms with Gasteiger partial charge in [-0.1, -0.05) is 26.7 Å². The van der Waals surface area contributed by atoms with Crippen LogP contribution in [0.4, 0.5) is 35.1 Å². The SMILES string of the molecule is CCCCC(CC)OC(=O)CCC(=O)OCC(F)(F)C(F)(F)C(F)(F)C(F)F. The van der Waals surface area contributed by atoms with Gasteiger partial charge >= 0.3 is 36.1 Å². The lowest BCUT2D eigenvalue weighted by Crippen LogP contribution is -2.59. The van der Waals surface area contributed by atoms with Crippen LogP contribution in [0.1, 0.15) is 52.4 Å². The van der Waals surface area contributed by atoms with E-state index in [0.717, 1.165) is 12.8 Å². The molecule has 1 atom stereocenters. The Labute approximate surface area is 156 Å². The van der Waals surface area contributed by atoms with Crippen LogP contribution < -0.4 is 0 Å². The van der Waals surface area contributed by atoms with Gasteiger partial charge in [-0.3, -0.25) is 9.59 Å². The predicted octanol–water partition coefficient (Wildman–Crippen LogP) is 4.99. The van der Waals surface area contributed by atoms with Crippen molar-refractivity contribution in [3.63, 3.8) is 0 Å². The van der Waals surface area contributed by atoms with Crippen molar-refractivity contribution in [3.05, 3.63) is 0 Å². The van der Waals surface area contributed by atoms with Crippen LogP contribution in [0.25, 0.3) is 0 Å². The number of hydrogen-bond donors (Lipinski definition) is 0. The third-order valence-electron chi connectivity index (χ3n) is 3.73. The normalized spacial score (nSPS) is 14.1. The molecule has 0 aromatic heterocycles. The fourth-order valence-electron chi connectivity index (χ4n) is 1.94. The molecule has 0 rings (SSSR count). The summed E-state index contributed by atoms with van der Waals surface area (Å²) in [6.07, 6.45) is -4.23. The van der Waals surface area contributed by atoms with E-state index in [4.69, 9.17) is 4.74 Å². The Morgan fingerprint density at radius 1 is 0.929 bits per heavy atom. The summed E-state index contributed by atoms with van der Waals surface area (Å²) in [6, 6.07) is 0. The molecule has 0 aliphatic heterocycles. The average Bonchev–Trinajstić information content (AvgIpc) is 2.61. The quantitative estimate of drug-likeness (QED) is 0.305. The van der Waals surface area contributed by atoms with Crippen LogP contribution in [0.2, 0.25) is 0 Å². The highest BCUT2D eigenvalue weighted by Crippen LogP contribution is 2.48. The molecule has 0 aromatic carbocycles. The maximum Gasteiger partial charge on any atom is 0.381 e. The van der Waals surface area contributed by atoms with Crippen molar-refractivity contribution >= 4 is 11.9 Å². The van der Waals surface area contributed by atoms with Gasteiger partial charge in [0.2, 0.25) is 0 Å².